The van der Waals surface area contributed by atoms with Gasteiger partial charge in [-0.1, -0.05) is 48.9 Å². The van der Waals surface area contributed by atoms with Crippen molar-refractivity contribution in [1.29, 1.82) is 0 Å². The first-order chi connectivity index (χ1) is 15.5. The molecule has 2 fully saturated rings. The van der Waals surface area contributed by atoms with E-state index in [1.807, 2.05) is 0 Å². The fourth-order valence-corrected chi connectivity index (χ4v) is 5.12. The van der Waals surface area contributed by atoms with Gasteiger partial charge in [-0.15, -0.1) is 0 Å². The number of anilines is 1. The molecule has 4 nitrogen and oxygen atoms in total. The van der Waals surface area contributed by atoms with Crippen molar-refractivity contribution in [3.63, 3.8) is 0 Å². The number of nitrogens with one attached hydrogen (secondary N) is 1. The Hall–Kier alpha value is -2.33. The van der Waals surface area contributed by atoms with Crippen LogP contribution in [0.1, 0.15) is 62.3 Å². The number of aryl methyl sites for hydroxylation is 1. The number of likely N-dealkylation sites (tertiary alicyclic amines) is 1. The maximum absolute atomic E-state index is 12.9. The summed E-state index contributed by atoms with van der Waals surface area (Å²) in [6.07, 6.45) is 4.49. The summed E-state index contributed by atoms with van der Waals surface area (Å²) >= 11 is 0. The smallest absolute Gasteiger partial charge is 0.223 e. The molecule has 2 aromatic rings. The third kappa shape index (κ3) is 5.92. The molecule has 0 aliphatic carbocycles. The van der Waals surface area contributed by atoms with Crippen molar-refractivity contribution >= 4 is 11.6 Å². The molecule has 2 aromatic carbocycles. The van der Waals surface area contributed by atoms with E-state index >= 15 is 0 Å². The predicted molar refractivity (Wildman–Crippen MR) is 133 cm³/mol. The summed E-state index contributed by atoms with van der Waals surface area (Å²) < 4.78 is 0. The van der Waals surface area contributed by atoms with Crippen LogP contribution in [0.2, 0.25) is 0 Å². The number of carbonyl (C=O) groups excluding carboxylic acids is 1. The highest BCUT2D eigenvalue weighted by molar-refractivity contribution is 5.79. The van der Waals surface area contributed by atoms with E-state index in [1.165, 1.54) is 35.2 Å². The zero-order valence-corrected chi connectivity index (χ0v) is 20.0. The summed E-state index contributed by atoms with van der Waals surface area (Å²) in [5.74, 6) is 1.10. The lowest BCUT2D eigenvalue weighted by Gasteiger charge is -2.33. The highest BCUT2D eigenvalue weighted by atomic mass is 16.1. The van der Waals surface area contributed by atoms with Crippen LogP contribution in [-0.4, -0.2) is 37.0 Å². The number of piperidine rings is 2. The van der Waals surface area contributed by atoms with Crippen molar-refractivity contribution in [3.05, 3.63) is 65.2 Å². The maximum Gasteiger partial charge on any atom is 0.223 e. The number of carbonyl (C=O) groups is 1. The quantitative estimate of drug-likeness (QED) is 0.670. The van der Waals surface area contributed by atoms with Gasteiger partial charge in [-0.25, -0.2) is 0 Å². The zero-order chi connectivity index (χ0) is 22.5. The van der Waals surface area contributed by atoms with Crippen molar-refractivity contribution in [1.82, 2.24) is 10.2 Å². The van der Waals surface area contributed by atoms with E-state index in [2.05, 4.69) is 84.4 Å². The van der Waals surface area contributed by atoms with E-state index in [-0.39, 0.29) is 17.9 Å². The number of amides is 1. The zero-order valence-electron chi connectivity index (χ0n) is 20.0. The summed E-state index contributed by atoms with van der Waals surface area (Å²) in [6, 6.07) is 17.6. The predicted octanol–water partition coefficient (Wildman–Crippen LogP) is 5.32. The molecule has 4 rings (SSSR count). The van der Waals surface area contributed by atoms with Gasteiger partial charge in [0.25, 0.3) is 0 Å². The fourth-order valence-electron chi connectivity index (χ4n) is 5.12. The Labute approximate surface area is 194 Å². The molecule has 0 unspecified atom stereocenters. The minimum absolute atomic E-state index is 0.0439. The van der Waals surface area contributed by atoms with Crippen molar-refractivity contribution in [2.75, 3.05) is 31.1 Å². The van der Waals surface area contributed by atoms with E-state index in [9.17, 15) is 4.79 Å². The molecule has 2 heterocycles. The van der Waals surface area contributed by atoms with Crippen molar-refractivity contribution < 1.29 is 4.79 Å². The van der Waals surface area contributed by atoms with Gasteiger partial charge in [0.15, 0.2) is 0 Å². The Bertz CT molecular complexity index is 869. The van der Waals surface area contributed by atoms with Crippen LogP contribution in [0.3, 0.4) is 0 Å². The summed E-state index contributed by atoms with van der Waals surface area (Å²) in [5.41, 5.74) is 5.15. The monoisotopic (exact) mass is 433 g/mol. The van der Waals surface area contributed by atoms with Crippen molar-refractivity contribution in [2.45, 2.75) is 59.0 Å². The molecule has 4 heteroatoms. The molecule has 0 radical (unpaired) electrons. The van der Waals surface area contributed by atoms with Crippen LogP contribution >= 0.6 is 0 Å². The second-order valence-electron chi connectivity index (χ2n) is 10.1. The summed E-state index contributed by atoms with van der Waals surface area (Å²) in [6.45, 7) is 11.8. The van der Waals surface area contributed by atoms with Crippen LogP contribution in [0.15, 0.2) is 48.5 Å². The van der Waals surface area contributed by atoms with Crippen LogP contribution < -0.4 is 10.2 Å². The van der Waals surface area contributed by atoms with Gasteiger partial charge < -0.3 is 10.2 Å². The van der Waals surface area contributed by atoms with E-state index in [1.54, 1.807) is 0 Å². The molecule has 0 saturated carbocycles. The Morgan fingerprint density at radius 1 is 1.00 bits per heavy atom. The van der Waals surface area contributed by atoms with Gasteiger partial charge in [0.1, 0.15) is 0 Å². The molecule has 0 aromatic heterocycles. The lowest BCUT2D eigenvalue weighted by molar-refractivity contribution is -0.127. The Morgan fingerprint density at radius 2 is 1.69 bits per heavy atom. The summed E-state index contributed by atoms with van der Waals surface area (Å²) in [7, 11) is 0. The second-order valence-corrected chi connectivity index (χ2v) is 10.1. The first-order valence-corrected chi connectivity index (χ1v) is 12.4. The standard InChI is InChI=1S/C28H39N3O/c1-21-6-8-24(9-7-21)20-30-17-14-26(15-18-30)28(32)29-23(3)25-10-12-27(13-11-25)31-16-4-5-22(2)19-31/h6-13,22-23,26H,4-5,14-20H2,1-3H3,(H,29,32)/t22-,23+/m1/s1. The Morgan fingerprint density at radius 3 is 2.34 bits per heavy atom. The van der Waals surface area contributed by atoms with Crippen LogP contribution in [-0.2, 0) is 11.3 Å². The molecular formula is C28H39N3O. The van der Waals surface area contributed by atoms with Gasteiger partial charge >= 0.3 is 0 Å². The molecule has 32 heavy (non-hydrogen) atoms. The molecule has 1 amide bonds. The minimum atomic E-state index is 0.0439. The first-order valence-electron chi connectivity index (χ1n) is 12.4. The number of rotatable bonds is 6. The number of hydrogen-bond acceptors (Lipinski definition) is 3. The van der Waals surface area contributed by atoms with Crippen LogP contribution in [0.25, 0.3) is 0 Å². The van der Waals surface area contributed by atoms with Gasteiger partial charge in [-0.3, -0.25) is 9.69 Å². The van der Waals surface area contributed by atoms with E-state index < -0.39 is 0 Å². The molecule has 2 atom stereocenters. The average Bonchev–Trinajstić information content (AvgIpc) is 2.81. The minimum Gasteiger partial charge on any atom is -0.371 e. The van der Waals surface area contributed by atoms with Crippen LogP contribution in [0.4, 0.5) is 5.69 Å². The summed E-state index contributed by atoms with van der Waals surface area (Å²) in [4.78, 5) is 17.9. The molecule has 1 N–H and O–H groups in total. The van der Waals surface area contributed by atoms with Gasteiger partial charge in [0, 0.05) is 31.2 Å². The normalized spacial score (nSPS) is 21.3. The number of hydrogen-bond donors (Lipinski definition) is 1. The number of nitrogens with zero attached hydrogens (tertiary/aromatic N) is 2. The lowest BCUT2D eigenvalue weighted by Crippen LogP contribution is -2.40. The Kier molecular flexibility index (Phi) is 7.51. The van der Waals surface area contributed by atoms with Crippen LogP contribution in [0, 0.1) is 18.8 Å². The van der Waals surface area contributed by atoms with Crippen molar-refractivity contribution in [3.8, 4) is 0 Å². The third-order valence-electron chi connectivity index (χ3n) is 7.26. The summed E-state index contributed by atoms with van der Waals surface area (Å²) in [5, 5.41) is 3.27. The molecule has 0 spiro atoms. The maximum atomic E-state index is 12.9. The fraction of sp³-hybridized carbons (Fsp3) is 0.536. The van der Waals surface area contributed by atoms with Gasteiger partial charge in [-0.2, -0.15) is 0 Å². The van der Waals surface area contributed by atoms with E-state index in [0.717, 1.165) is 51.5 Å². The molecule has 172 valence electrons. The second kappa shape index (κ2) is 10.5. The third-order valence-corrected chi connectivity index (χ3v) is 7.26. The van der Waals surface area contributed by atoms with E-state index in [4.69, 9.17) is 0 Å². The largest absolute Gasteiger partial charge is 0.371 e. The van der Waals surface area contributed by atoms with Gasteiger partial charge in [0.05, 0.1) is 6.04 Å². The highest BCUT2D eigenvalue weighted by Crippen LogP contribution is 2.25. The Balaban J connectivity index is 1.24. The average molecular weight is 434 g/mol. The SMILES string of the molecule is Cc1ccc(CN2CCC(C(=O)N[C@@H](C)c3ccc(N4CCC[C@@H](C)C4)cc3)CC2)cc1. The van der Waals surface area contributed by atoms with E-state index in [0.29, 0.717) is 0 Å². The number of benzene rings is 2. The highest BCUT2D eigenvalue weighted by Gasteiger charge is 2.26. The van der Waals surface area contributed by atoms with Gasteiger partial charge in [0.2, 0.25) is 5.91 Å². The lowest BCUT2D eigenvalue weighted by atomic mass is 9.94. The molecule has 2 saturated heterocycles. The first kappa shape index (κ1) is 22.8. The van der Waals surface area contributed by atoms with Gasteiger partial charge in [-0.05, 0) is 81.8 Å². The topological polar surface area (TPSA) is 35.6 Å². The molecular weight excluding hydrogens is 394 g/mol. The van der Waals surface area contributed by atoms with Crippen LogP contribution in [0.5, 0.6) is 0 Å². The molecule has 2 aliphatic rings. The molecule has 2 aliphatic heterocycles. The van der Waals surface area contributed by atoms with Crippen molar-refractivity contribution in [2.24, 2.45) is 11.8 Å². The molecule has 0 bridgehead atoms.